The van der Waals surface area contributed by atoms with E-state index in [0.717, 1.165) is 10.5 Å². The molecule has 46 heavy (non-hydrogen) atoms. The van der Waals surface area contributed by atoms with Crippen LogP contribution in [0.15, 0.2) is 65.7 Å². The summed E-state index contributed by atoms with van der Waals surface area (Å²) in [5, 5.41) is 5.02. The number of nitrogens with one attached hydrogen (secondary N) is 3. The minimum atomic E-state index is -4.36. The molecule has 3 atom stereocenters. The molecule has 7 N–H and O–H groups in total. The third-order valence-corrected chi connectivity index (χ3v) is 9.40. The number of aldehydes is 1. The van der Waals surface area contributed by atoms with Crippen LogP contribution in [-0.2, 0) is 44.8 Å². The molecule has 0 radical (unpaired) electrons. The second-order valence-corrected chi connectivity index (χ2v) is 14.5. The quantitative estimate of drug-likeness (QED) is 0.0523. The topological polar surface area (TPSA) is 240 Å². The number of amides is 3. The van der Waals surface area contributed by atoms with Crippen molar-refractivity contribution in [2.24, 2.45) is 16.5 Å². The van der Waals surface area contributed by atoms with Crippen LogP contribution < -0.4 is 26.8 Å². The number of aliphatic imine (C=N–C) groups is 1. The maximum absolute atomic E-state index is 13.4. The average molecular weight is 680 g/mol. The SMILES string of the molecule is C[C@@H](NC(=O)CS(=O)(=O)CC(NS(=O)(=O)Cc1ccccc1)C(=O)N(C)CC(=O)NC(C=O)CCCN=C(N)N)c1ccccc1. The van der Waals surface area contributed by atoms with Crippen LogP contribution in [0.1, 0.15) is 36.9 Å². The number of carbonyl (C=O) groups excluding carboxylic acids is 4. The van der Waals surface area contributed by atoms with E-state index in [1.165, 1.54) is 7.05 Å². The smallest absolute Gasteiger partial charge is 0.242 e. The zero-order chi connectivity index (χ0) is 34.3. The normalized spacial score (nSPS) is 13.4. The first kappa shape index (κ1) is 37.8. The minimum absolute atomic E-state index is 0.120. The molecule has 252 valence electrons. The van der Waals surface area contributed by atoms with Gasteiger partial charge in [-0.2, -0.15) is 0 Å². The molecule has 2 aromatic carbocycles. The molecule has 2 rings (SSSR count). The molecule has 0 bridgehead atoms. The second kappa shape index (κ2) is 18.0. The Bertz CT molecular complexity index is 1570. The van der Waals surface area contributed by atoms with Crippen molar-refractivity contribution in [3.63, 3.8) is 0 Å². The van der Waals surface area contributed by atoms with E-state index in [-0.39, 0.29) is 18.9 Å². The molecule has 0 saturated heterocycles. The molecular formula is C29H41N7O8S2. The zero-order valence-corrected chi connectivity index (χ0v) is 27.3. The van der Waals surface area contributed by atoms with Crippen molar-refractivity contribution >= 4 is 49.8 Å². The Balaban J connectivity index is 2.16. The lowest BCUT2D eigenvalue weighted by atomic mass is 10.1. The van der Waals surface area contributed by atoms with Crippen LogP contribution in [-0.4, -0.2) is 95.4 Å². The molecule has 0 saturated carbocycles. The summed E-state index contributed by atoms with van der Waals surface area (Å²) in [6, 6.07) is 13.5. The Kier molecular flexibility index (Phi) is 14.8. The van der Waals surface area contributed by atoms with E-state index >= 15 is 0 Å². The maximum Gasteiger partial charge on any atom is 0.242 e. The fraction of sp³-hybridized carbons (Fsp3) is 0.414. The molecule has 0 aliphatic rings. The van der Waals surface area contributed by atoms with Crippen LogP contribution in [0.5, 0.6) is 0 Å². The van der Waals surface area contributed by atoms with Crippen molar-refractivity contribution in [1.82, 2.24) is 20.3 Å². The minimum Gasteiger partial charge on any atom is -0.370 e. The third kappa shape index (κ3) is 14.2. The van der Waals surface area contributed by atoms with Crippen LogP contribution in [0.2, 0.25) is 0 Å². The predicted molar refractivity (Wildman–Crippen MR) is 173 cm³/mol. The highest BCUT2D eigenvalue weighted by Crippen LogP contribution is 2.12. The zero-order valence-electron chi connectivity index (χ0n) is 25.7. The highest BCUT2D eigenvalue weighted by atomic mass is 32.2. The first-order valence-corrected chi connectivity index (χ1v) is 17.7. The summed E-state index contributed by atoms with van der Waals surface area (Å²) in [5.74, 6) is -5.38. The summed E-state index contributed by atoms with van der Waals surface area (Å²) in [6.45, 7) is 1.27. The van der Waals surface area contributed by atoms with Gasteiger partial charge in [-0.3, -0.25) is 19.4 Å². The summed E-state index contributed by atoms with van der Waals surface area (Å²) >= 11 is 0. The number of guanidine groups is 1. The number of hydrogen-bond acceptors (Lipinski definition) is 9. The first-order chi connectivity index (χ1) is 21.6. The van der Waals surface area contributed by atoms with Crippen LogP contribution in [0.4, 0.5) is 0 Å². The van der Waals surface area contributed by atoms with E-state index < -0.39 is 79.5 Å². The van der Waals surface area contributed by atoms with E-state index in [1.807, 2.05) is 0 Å². The number of carbonyl (C=O) groups is 4. The lowest BCUT2D eigenvalue weighted by Crippen LogP contribution is -2.53. The fourth-order valence-electron chi connectivity index (χ4n) is 4.33. The van der Waals surface area contributed by atoms with Gasteiger partial charge in [0, 0.05) is 13.6 Å². The van der Waals surface area contributed by atoms with Gasteiger partial charge in [-0.25, -0.2) is 21.6 Å². The molecule has 0 spiro atoms. The van der Waals surface area contributed by atoms with Crippen LogP contribution >= 0.6 is 0 Å². The molecule has 3 amide bonds. The van der Waals surface area contributed by atoms with Crippen molar-refractivity contribution in [1.29, 1.82) is 0 Å². The van der Waals surface area contributed by atoms with E-state index in [9.17, 15) is 36.0 Å². The fourth-order valence-corrected chi connectivity index (χ4v) is 7.11. The molecule has 15 nitrogen and oxygen atoms in total. The molecule has 0 fully saturated rings. The number of rotatable bonds is 19. The largest absolute Gasteiger partial charge is 0.370 e. The van der Waals surface area contributed by atoms with Crippen LogP contribution in [0.25, 0.3) is 0 Å². The Morgan fingerprint density at radius 2 is 1.54 bits per heavy atom. The molecule has 0 aliphatic heterocycles. The van der Waals surface area contributed by atoms with E-state index in [2.05, 4.69) is 20.3 Å². The maximum atomic E-state index is 13.4. The van der Waals surface area contributed by atoms with Gasteiger partial charge in [0.05, 0.1) is 30.1 Å². The third-order valence-electron chi connectivity index (χ3n) is 6.50. The number of hydrogen-bond donors (Lipinski definition) is 5. The van der Waals surface area contributed by atoms with E-state index in [0.29, 0.717) is 18.3 Å². The van der Waals surface area contributed by atoms with Gasteiger partial charge >= 0.3 is 0 Å². The van der Waals surface area contributed by atoms with Gasteiger partial charge in [0.2, 0.25) is 27.7 Å². The highest BCUT2D eigenvalue weighted by Gasteiger charge is 2.33. The Labute approximate surface area is 269 Å². The Morgan fingerprint density at radius 1 is 0.935 bits per heavy atom. The van der Waals surface area contributed by atoms with E-state index in [1.54, 1.807) is 67.6 Å². The molecule has 0 heterocycles. The van der Waals surface area contributed by atoms with Crippen molar-refractivity contribution < 1.29 is 36.0 Å². The Hall–Kier alpha value is -4.35. The summed E-state index contributed by atoms with van der Waals surface area (Å²) in [6.07, 6.45) is 1.08. The molecule has 2 unspecified atom stereocenters. The van der Waals surface area contributed by atoms with Gasteiger partial charge in [-0.05, 0) is 30.9 Å². The molecular weight excluding hydrogens is 638 g/mol. The van der Waals surface area contributed by atoms with Gasteiger partial charge in [0.1, 0.15) is 18.1 Å². The number of sulfone groups is 1. The molecule has 0 aromatic heterocycles. The monoisotopic (exact) mass is 679 g/mol. The van der Waals surface area contributed by atoms with Gasteiger partial charge < -0.3 is 31.8 Å². The van der Waals surface area contributed by atoms with Crippen molar-refractivity contribution in [3.8, 4) is 0 Å². The molecule has 2 aromatic rings. The number of nitrogens with two attached hydrogens (primary N) is 2. The summed E-state index contributed by atoms with van der Waals surface area (Å²) in [7, 11) is -7.46. The standard InChI is InChI=1S/C29H41N7O8S2/c1-21(23-12-7-4-8-13-23)33-27(39)20-45(41,42)19-25(35-46(43,44)18-22-10-5-3-6-11-22)28(40)36(2)16-26(38)34-24(17-37)14-9-15-32-29(30)31/h3-8,10-13,17,21,24-25,35H,9,14-16,18-20H2,1-2H3,(H,33,39)(H,34,38)(H4,30,31,32)/t21-,24?,25?/m1/s1. The molecule has 17 heteroatoms. The lowest BCUT2D eigenvalue weighted by molar-refractivity contribution is -0.136. The lowest BCUT2D eigenvalue weighted by Gasteiger charge is -2.25. The predicted octanol–water partition coefficient (Wildman–Crippen LogP) is -1.04. The van der Waals surface area contributed by atoms with Crippen molar-refractivity contribution in [2.45, 2.75) is 43.6 Å². The average Bonchev–Trinajstić information content (AvgIpc) is 2.97. The number of nitrogens with zero attached hydrogens (tertiary/aromatic N) is 2. The second-order valence-electron chi connectivity index (χ2n) is 10.6. The number of likely N-dealkylation sites (N-methyl/N-ethyl adjacent to an activating group) is 1. The Morgan fingerprint density at radius 3 is 2.13 bits per heavy atom. The molecule has 0 aliphatic carbocycles. The van der Waals surface area contributed by atoms with Crippen LogP contribution in [0.3, 0.4) is 0 Å². The first-order valence-electron chi connectivity index (χ1n) is 14.2. The van der Waals surface area contributed by atoms with Crippen molar-refractivity contribution in [3.05, 3.63) is 71.8 Å². The highest BCUT2D eigenvalue weighted by molar-refractivity contribution is 7.92. The van der Waals surface area contributed by atoms with Gasteiger partial charge in [-0.15, -0.1) is 0 Å². The van der Waals surface area contributed by atoms with Gasteiger partial charge in [-0.1, -0.05) is 60.7 Å². The summed E-state index contributed by atoms with van der Waals surface area (Å²) in [5.41, 5.74) is 11.6. The van der Waals surface area contributed by atoms with Gasteiger partial charge in [0.15, 0.2) is 15.8 Å². The summed E-state index contributed by atoms with van der Waals surface area (Å²) < 4.78 is 54.4. The van der Waals surface area contributed by atoms with E-state index in [4.69, 9.17) is 11.5 Å². The van der Waals surface area contributed by atoms with Crippen molar-refractivity contribution in [2.75, 3.05) is 31.6 Å². The van der Waals surface area contributed by atoms with Crippen LogP contribution in [0, 0.1) is 0 Å². The summed E-state index contributed by atoms with van der Waals surface area (Å²) in [4.78, 5) is 54.7. The number of benzene rings is 2. The number of sulfonamides is 1. The van der Waals surface area contributed by atoms with Gasteiger partial charge in [0.25, 0.3) is 0 Å².